The smallest absolute Gasteiger partial charge is 0.322 e. The lowest BCUT2D eigenvalue weighted by atomic mass is 9.96. The molecule has 1 aromatic heterocycles. The number of benzene rings is 2. The van der Waals surface area contributed by atoms with E-state index >= 15 is 0 Å². The Morgan fingerprint density at radius 2 is 1.55 bits per heavy atom. The standard InChI is InChI=1S/C28H36N4O7S/c1-5-36-23-17-20(18-24(37-6-2)25(23)38-7-3)27-30-31-28(39-27)29-26(33)19-13-15-22(16-14-19)40(34,35)32(4)21-11-9-8-10-12-21/h13-18,21H,5-12H2,1-4H3,(H,29,31,33). The largest absolute Gasteiger partial charge is 0.490 e. The van der Waals surface area contributed by atoms with Gasteiger partial charge in [0.2, 0.25) is 21.7 Å². The van der Waals surface area contributed by atoms with Crippen LogP contribution in [0, 0.1) is 0 Å². The van der Waals surface area contributed by atoms with E-state index in [9.17, 15) is 13.2 Å². The van der Waals surface area contributed by atoms with E-state index in [4.69, 9.17) is 18.6 Å². The molecule has 0 aliphatic heterocycles. The summed E-state index contributed by atoms with van der Waals surface area (Å²) < 4.78 is 50.6. The third-order valence-corrected chi connectivity index (χ3v) is 8.61. The van der Waals surface area contributed by atoms with E-state index in [1.165, 1.54) is 28.6 Å². The normalized spacial score (nSPS) is 14.2. The lowest BCUT2D eigenvalue weighted by Crippen LogP contribution is -2.38. The number of sulfonamides is 1. The van der Waals surface area contributed by atoms with Crippen molar-refractivity contribution in [1.82, 2.24) is 14.5 Å². The summed E-state index contributed by atoms with van der Waals surface area (Å²) in [5.41, 5.74) is 0.775. The van der Waals surface area contributed by atoms with Crippen LogP contribution in [0.25, 0.3) is 11.5 Å². The molecular formula is C28H36N4O7S. The maximum Gasteiger partial charge on any atom is 0.322 e. The topological polar surface area (TPSA) is 133 Å². The summed E-state index contributed by atoms with van der Waals surface area (Å²) in [7, 11) is -2.04. The zero-order valence-electron chi connectivity index (χ0n) is 23.3. The van der Waals surface area contributed by atoms with Crippen LogP contribution in [0.1, 0.15) is 63.2 Å². The number of anilines is 1. The number of rotatable bonds is 12. The van der Waals surface area contributed by atoms with E-state index in [-0.39, 0.29) is 28.4 Å². The van der Waals surface area contributed by atoms with Crippen LogP contribution in [0.5, 0.6) is 17.2 Å². The van der Waals surface area contributed by atoms with Gasteiger partial charge in [-0.25, -0.2) is 8.42 Å². The lowest BCUT2D eigenvalue weighted by Gasteiger charge is -2.30. The fourth-order valence-corrected chi connectivity index (χ4v) is 6.07. The van der Waals surface area contributed by atoms with Gasteiger partial charge in [-0.3, -0.25) is 10.1 Å². The summed E-state index contributed by atoms with van der Waals surface area (Å²) in [5, 5.41) is 10.6. The van der Waals surface area contributed by atoms with Crippen LogP contribution in [0.15, 0.2) is 45.7 Å². The van der Waals surface area contributed by atoms with Crippen LogP contribution < -0.4 is 19.5 Å². The molecule has 216 valence electrons. The Bertz CT molecular complexity index is 1370. The summed E-state index contributed by atoms with van der Waals surface area (Å²) in [4.78, 5) is 13.0. The van der Waals surface area contributed by atoms with Crippen LogP contribution in [0.3, 0.4) is 0 Å². The number of ether oxygens (including phenoxy) is 3. The molecule has 12 heteroatoms. The van der Waals surface area contributed by atoms with Gasteiger partial charge in [0, 0.05) is 24.2 Å². The minimum absolute atomic E-state index is 0.00181. The highest BCUT2D eigenvalue weighted by Gasteiger charge is 2.29. The first kappa shape index (κ1) is 29.3. The second kappa shape index (κ2) is 13.1. The second-order valence-electron chi connectivity index (χ2n) is 9.30. The zero-order chi connectivity index (χ0) is 28.7. The minimum Gasteiger partial charge on any atom is -0.490 e. The van der Waals surface area contributed by atoms with Gasteiger partial charge in [0.1, 0.15) is 0 Å². The van der Waals surface area contributed by atoms with E-state index in [0.29, 0.717) is 42.6 Å². The number of aromatic nitrogens is 2. The van der Waals surface area contributed by atoms with Gasteiger partial charge >= 0.3 is 6.01 Å². The number of carbonyl (C=O) groups is 1. The summed E-state index contributed by atoms with van der Waals surface area (Å²) in [6, 6.07) is 9.10. The fourth-order valence-electron chi connectivity index (χ4n) is 4.66. The predicted molar refractivity (Wildman–Crippen MR) is 149 cm³/mol. The molecule has 2 aromatic carbocycles. The predicted octanol–water partition coefficient (Wildman–Crippen LogP) is 5.14. The summed E-state index contributed by atoms with van der Waals surface area (Å²) >= 11 is 0. The van der Waals surface area contributed by atoms with Gasteiger partial charge < -0.3 is 18.6 Å². The molecule has 4 rings (SSSR count). The molecule has 0 spiro atoms. The Morgan fingerprint density at radius 1 is 0.950 bits per heavy atom. The van der Waals surface area contributed by atoms with Crippen LogP contribution in [-0.2, 0) is 10.0 Å². The molecule has 0 bridgehead atoms. The molecule has 40 heavy (non-hydrogen) atoms. The third kappa shape index (κ3) is 6.56. The van der Waals surface area contributed by atoms with Gasteiger partial charge in [-0.2, -0.15) is 4.31 Å². The Hall–Kier alpha value is -3.64. The van der Waals surface area contributed by atoms with Crippen molar-refractivity contribution in [3.8, 4) is 28.7 Å². The number of nitrogens with one attached hydrogen (secondary N) is 1. The van der Waals surface area contributed by atoms with Crippen LogP contribution in [0.4, 0.5) is 6.01 Å². The molecule has 3 aromatic rings. The molecule has 0 unspecified atom stereocenters. The van der Waals surface area contributed by atoms with Crippen molar-refractivity contribution in [2.24, 2.45) is 0 Å². The molecule has 1 saturated carbocycles. The Labute approximate surface area is 234 Å². The highest BCUT2D eigenvalue weighted by molar-refractivity contribution is 7.89. The van der Waals surface area contributed by atoms with Crippen molar-refractivity contribution in [1.29, 1.82) is 0 Å². The number of hydrogen-bond acceptors (Lipinski definition) is 9. The van der Waals surface area contributed by atoms with Crippen LogP contribution in [-0.4, -0.2) is 61.7 Å². The number of hydrogen-bond donors (Lipinski definition) is 1. The maximum atomic E-state index is 13.1. The number of amides is 1. The molecule has 1 heterocycles. The zero-order valence-corrected chi connectivity index (χ0v) is 24.1. The molecule has 1 aliphatic carbocycles. The van der Waals surface area contributed by atoms with E-state index in [2.05, 4.69) is 15.5 Å². The fraction of sp³-hybridized carbons (Fsp3) is 0.464. The van der Waals surface area contributed by atoms with E-state index in [0.717, 1.165) is 32.1 Å². The molecule has 0 radical (unpaired) electrons. The second-order valence-corrected chi connectivity index (χ2v) is 11.3. The molecule has 1 fully saturated rings. The first-order valence-corrected chi connectivity index (χ1v) is 15.0. The van der Waals surface area contributed by atoms with Crippen molar-refractivity contribution >= 4 is 21.9 Å². The van der Waals surface area contributed by atoms with E-state index in [1.807, 2.05) is 20.8 Å². The molecular weight excluding hydrogens is 536 g/mol. The molecule has 1 amide bonds. The Balaban J connectivity index is 1.49. The van der Waals surface area contributed by atoms with Crippen molar-refractivity contribution in [3.63, 3.8) is 0 Å². The average Bonchev–Trinajstić information content (AvgIpc) is 3.43. The van der Waals surface area contributed by atoms with E-state index in [1.54, 1.807) is 19.2 Å². The summed E-state index contributed by atoms with van der Waals surface area (Å²) in [6.07, 6.45) is 4.92. The summed E-state index contributed by atoms with van der Waals surface area (Å²) in [5.74, 6) is 1.05. The van der Waals surface area contributed by atoms with Crippen LogP contribution >= 0.6 is 0 Å². The first-order chi connectivity index (χ1) is 19.3. The van der Waals surface area contributed by atoms with Gasteiger partial charge in [-0.15, -0.1) is 5.10 Å². The van der Waals surface area contributed by atoms with Crippen molar-refractivity contribution in [2.75, 3.05) is 32.2 Å². The van der Waals surface area contributed by atoms with Gasteiger partial charge in [-0.1, -0.05) is 24.4 Å². The van der Waals surface area contributed by atoms with Crippen molar-refractivity contribution in [3.05, 3.63) is 42.0 Å². The number of carbonyl (C=O) groups excluding carboxylic acids is 1. The van der Waals surface area contributed by atoms with Gasteiger partial charge in [-0.05, 0) is 70.0 Å². The summed E-state index contributed by atoms with van der Waals surface area (Å²) in [6.45, 7) is 6.85. The van der Waals surface area contributed by atoms with E-state index < -0.39 is 15.9 Å². The van der Waals surface area contributed by atoms with Gasteiger partial charge in [0.05, 0.1) is 24.7 Å². The van der Waals surface area contributed by atoms with Crippen molar-refractivity contribution in [2.45, 2.75) is 63.8 Å². The van der Waals surface area contributed by atoms with Gasteiger partial charge in [0.15, 0.2) is 11.5 Å². The molecule has 1 aliphatic rings. The molecule has 0 atom stereocenters. The first-order valence-electron chi connectivity index (χ1n) is 13.6. The quantitative estimate of drug-likeness (QED) is 0.313. The molecule has 11 nitrogen and oxygen atoms in total. The highest BCUT2D eigenvalue weighted by atomic mass is 32.2. The number of nitrogens with zero attached hydrogens (tertiary/aromatic N) is 3. The average molecular weight is 573 g/mol. The van der Waals surface area contributed by atoms with Crippen molar-refractivity contribution < 1.29 is 31.8 Å². The molecule has 1 N–H and O–H groups in total. The SMILES string of the molecule is CCOc1cc(-c2nnc(NC(=O)c3ccc(S(=O)(=O)N(C)C4CCCCC4)cc3)o2)cc(OCC)c1OCC. The highest BCUT2D eigenvalue weighted by Crippen LogP contribution is 2.42. The minimum atomic E-state index is -3.66. The third-order valence-electron chi connectivity index (χ3n) is 6.68. The molecule has 0 saturated heterocycles. The van der Waals surface area contributed by atoms with Crippen LogP contribution in [0.2, 0.25) is 0 Å². The lowest BCUT2D eigenvalue weighted by molar-refractivity contribution is 0.102. The maximum absolute atomic E-state index is 13.1. The monoisotopic (exact) mass is 572 g/mol. The Kier molecular flexibility index (Phi) is 9.64. The van der Waals surface area contributed by atoms with Gasteiger partial charge in [0.25, 0.3) is 5.91 Å². The Morgan fingerprint density at radius 3 is 2.12 bits per heavy atom.